The minimum Gasteiger partial charge on any atom is -0.496 e. The third-order valence-electron chi connectivity index (χ3n) is 3.54. The van der Waals surface area contributed by atoms with Gasteiger partial charge in [0, 0.05) is 11.3 Å². The Morgan fingerprint density at radius 2 is 1.85 bits per heavy atom. The number of rotatable bonds is 8. The largest absolute Gasteiger partial charge is 0.496 e. The molecule has 0 fully saturated rings. The van der Waals surface area contributed by atoms with E-state index in [1.165, 1.54) is 11.8 Å². The van der Waals surface area contributed by atoms with Crippen molar-refractivity contribution in [2.75, 3.05) is 14.2 Å². The standard InChI is InChI=1S/C18H16BrClN2O4S/c1-23-15-8-12(19)16(24-2)7-11(15)10-27-18-22-21-17(26-18)9-25-14-6-4-3-5-13(14)20/h3-8H,9-10H2,1-2H3. The molecular weight excluding hydrogens is 456 g/mol. The maximum atomic E-state index is 6.06. The second kappa shape index (κ2) is 9.34. The van der Waals surface area contributed by atoms with Crippen LogP contribution in [0.3, 0.4) is 0 Å². The van der Waals surface area contributed by atoms with Crippen LogP contribution in [0, 0.1) is 0 Å². The highest BCUT2D eigenvalue weighted by Crippen LogP contribution is 2.35. The van der Waals surface area contributed by atoms with Crippen molar-refractivity contribution in [2.45, 2.75) is 17.6 Å². The number of nitrogens with zero attached hydrogens (tertiary/aromatic N) is 2. The van der Waals surface area contributed by atoms with Gasteiger partial charge in [0.05, 0.1) is 23.7 Å². The first-order valence-electron chi connectivity index (χ1n) is 7.83. The Bertz CT molecular complexity index is 922. The summed E-state index contributed by atoms with van der Waals surface area (Å²) in [6, 6.07) is 11.0. The highest BCUT2D eigenvalue weighted by atomic mass is 79.9. The average molecular weight is 472 g/mol. The van der Waals surface area contributed by atoms with Crippen molar-refractivity contribution in [3.05, 3.63) is 57.3 Å². The normalized spacial score (nSPS) is 10.7. The SMILES string of the molecule is COc1cc(CSc2nnc(COc3ccccc3Cl)o2)c(OC)cc1Br. The van der Waals surface area contributed by atoms with E-state index >= 15 is 0 Å². The fourth-order valence-corrected chi connectivity index (χ4v) is 3.66. The maximum absolute atomic E-state index is 6.06. The summed E-state index contributed by atoms with van der Waals surface area (Å²) in [6.45, 7) is 0.146. The number of ether oxygens (including phenoxy) is 3. The van der Waals surface area contributed by atoms with E-state index in [1.807, 2.05) is 24.3 Å². The lowest BCUT2D eigenvalue weighted by Gasteiger charge is -2.11. The minimum absolute atomic E-state index is 0.146. The minimum atomic E-state index is 0.146. The van der Waals surface area contributed by atoms with E-state index in [0.717, 1.165) is 21.5 Å². The quantitative estimate of drug-likeness (QED) is 0.409. The Labute approximate surface area is 174 Å². The Balaban J connectivity index is 1.62. The first-order valence-corrected chi connectivity index (χ1v) is 9.99. The predicted molar refractivity (Wildman–Crippen MR) is 107 cm³/mol. The zero-order valence-electron chi connectivity index (χ0n) is 14.6. The van der Waals surface area contributed by atoms with Gasteiger partial charge < -0.3 is 18.6 Å². The summed E-state index contributed by atoms with van der Waals surface area (Å²) in [6.07, 6.45) is 0. The van der Waals surface area contributed by atoms with Crippen molar-refractivity contribution < 1.29 is 18.6 Å². The number of methoxy groups -OCH3 is 2. The van der Waals surface area contributed by atoms with Crippen molar-refractivity contribution in [2.24, 2.45) is 0 Å². The van der Waals surface area contributed by atoms with E-state index in [2.05, 4.69) is 26.1 Å². The van der Waals surface area contributed by atoms with Gasteiger partial charge in [0.2, 0.25) is 0 Å². The summed E-state index contributed by atoms with van der Waals surface area (Å²) in [7, 11) is 3.24. The highest BCUT2D eigenvalue weighted by molar-refractivity contribution is 9.10. The highest BCUT2D eigenvalue weighted by Gasteiger charge is 2.13. The topological polar surface area (TPSA) is 66.6 Å². The first kappa shape index (κ1) is 19.9. The summed E-state index contributed by atoms with van der Waals surface area (Å²) in [5, 5.41) is 9.00. The molecule has 9 heteroatoms. The molecule has 0 amide bonds. The van der Waals surface area contributed by atoms with Gasteiger partial charge in [-0.1, -0.05) is 35.5 Å². The predicted octanol–water partition coefficient (Wildman–Crippen LogP) is 5.37. The number of thioether (sulfide) groups is 1. The van der Waals surface area contributed by atoms with Crippen molar-refractivity contribution in [1.82, 2.24) is 10.2 Å². The molecule has 2 aromatic carbocycles. The fourth-order valence-electron chi connectivity index (χ4n) is 2.23. The van der Waals surface area contributed by atoms with Crippen molar-refractivity contribution in [3.8, 4) is 17.2 Å². The summed E-state index contributed by atoms with van der Waals surface area (Å²) in [5.74, 6) is 3.00. The van der Waals surface area contributed by atoms with E-state index in [9.17, 15) is 0 Å². The average Bonchev–Trinajstić information content (AvgIpc) is 3.14. The van der Waals surface area contributed by atoms with Gasteiger partial charge in [-0.05, 0) is 40.2 Å². The molecule has 1 heterocycles. The van der Waals surface area contributed by atoms with E-state index in [0.29, 0.717) is 27.6 Å². The van der Waals surface area contributed by atoms with E-state index in [1.54, 1.807) is 26.4 Å². The zero-order valence-corrected chi connectivity index (χ0v) is 17.7. The van der Waals surface area contributed by atoms with Crippen LogP contribution in [-0.2, 0) is 12.4 Å². The van der Waals surface area contributed by atoms with Crippen LogP contribution in [0.15, 0.2) is 50.5 Å². The molecule has 0 atom stereocenters. The van der Waals surface area contributed by atoms with Crippen LogP contribution < -0.4 is 14.2 Å². The molecule has 0 aliphatic carbocycles. The first-order chi connectivity index (χ1) is 13.1. The van der Waals surface area contributed by atoms with Gasteiger partial charge in [0.15, 0.2) is 6.61 Å². The van der Waals surface area contributed by atoms with Crippen LogP contribution in [0.5, 0.6) is 17.2 Å². The summed E-state index contributed by atoms with van der Waals surface area (Å²) < 4.78 is 22.8. The Morgan fingerprint density at radius 3 is 2.59 bits per heavy atom. The van der Waals surface area contributed by atoms with Crippen molar-refractivity contribution in [1.29, 1.82) is 0 Å². The molecule has 0 aliphatic heterocycles. The van der Waals surface area contributed by atoms with E-state index in [4.69, 9.17) is 30.2 Å². The molecule has 1 aromatic heterocycles. The van der Waals surface area contributed by atoms with Gasteiger partial charge in [-0.3, -0.25) is 0 Å². The maximum Gasteiger partial charge on any atom is 0.277 e. The second-order valence-corrected chi connectivity index (χ2v) is 7.46. The van der Waals surface area contributed by atoms with Gasteiger partial charge in [0.1, 0.15) is 17.2 Å². The molecule has 142 valence electrons. The molecule has 3 aromatic rings. The Hall–Kier alpha value is -1.90. The molecule has 0 aliphatic rings. The zero-order chi connectivity index (χ0) is 19.2. The van der Waals surface area contributed by atoms with Crippen LogP contribution in [0.2, 0.25) is 5.02 Å². The van der Waals surface area contributed by atoms with Gasteiger partial charge in [0.25, 0.3) is 11.1 Å². The molecule has 0 N–H and O–H groups in total. The van der Waals surface area contributed by atoms with E-state index < -0.39 is 0 Å². The van der Waals surface area contributed by atoms with Gasteiger partial charge >= 0.3 is 0 Å². The van der Waals surface area contributed by atoms with Crippen LogP contribution in [0.25, 0.3) is 0 Å². The van der Waals surface area contributed by atoms with Crippen LogP contribution in [0.1, 0.15) is 11.5 Å². The smallest absolute Gasteiger partial charge is 0.277 e. The number of hydrogen-bond acceptors (Lipinski definition) is 7. The molecule has 0 saturated heterocycles. The van der Waals surface area contributed by atoms with E-state index in [-0.39, 0.29) is 6.61 Å². The summed E-state index contributed by atoms with van der Waals surface area (Å²) >= 11 is 10.9. The molecule has 3 rings (SSSR count). The third kappa shape index (κ3) is 5.09. The molecule has 0 spiro atoms. The summed E-state index contributed by atoms with van der Waals surface area (Å²) in [5.41, 5.74) is 0.953. The van der Waals surface area contributed by atoms with Crippen LogP contribution in [0.4, 0.5) is 0 Å². The molecule has 0 saturated carbocycles. The van der Waals surface area contributed by atoms with Gasteiger partial charge in [-0.2, -0.15) is 0 Å². The van der Waals surface area contributed by atoms with Crippen LogP contribution in [-0.4, -0.2) is 24.4 Å². The monoisotopic (exact) mass is 470 g/mol. The molecule has 0 unspecified atom stereocenters. The van der Waals surface area contributed by atoms with Gasteiger partial charge in [-0.15, -0.1) is 10.2 Å². The number of aromatic nitrogens is 2. The molecule has 6 nitrogen and oxygen atoms in total. The summed E-state index contributed by atoms with van der Waals surface area (Å²) in [4.78, 5) is 0. The molecule has 0 radical (unpaired) electrons. The van der Waals surface area contributed by atoms with Crippen LogP contribution >= 0.6 is 39.3 Å². The number of para-hydroxylation sites is 1. The second-order valence-electron chi connectivity index (χ2n) is 5.27. The third-order valence-corrected chi connectivity index (χ3v) is 5.34. The lowest BCUT2D eigenvalue weighted by molar-refractivity contribution is 0.252. The number of hydrogen-bond donors (Lipinski definition) is 0. The van der Waals surface area contributed by atoms with Crippen molar-refractivity contribution in [3.63, 3.8) is 0 Å². The fraction of sp³-hybridized carbons (Fsp3) is 0.222. The van der Waals surface area contributed by atoms with Gasteiger partial charge in [-0.25, -0.2) is 0 Å². The number of benzene rings is 2. The molecule has 27 heavy (non-hydrogen) atoms. The number of halogens is 2. The molecular formula is C18H16BrClN2O4S. The lowest BCUT2D eigenvalue weighted by Crippen LogP contribution is -1.96. The molecule has 0 bridgehead atoms. The lowest BCUT2D eigenvalue weighted by atomic mass is 10.2. The Morgan fingerprint density at radius 1 is 1.07 bits per heavy atom. The van der Waals surface area contributed by atoms with Crippen molar-refractivity contribution >= 4 is 39.3 Å². The Kier molecular flexibility index (Phi) is 6.87.